The number of carbonyl (C=O) groups excluding carboxylic acids is 1. The third-order valence-electron chi connectivity index (χ3n) is 4.33. The summed E-state index contributed by atoms with van der Waals surface area (Å²) in [4.78, 5) is 12.2. The maximum atomic E-state index is 12.2. The van der Waals surface area contributed by atoms with Crippen molar-refractivity contribution in [3.63, 3.8) is 0 Å². The Morgan fingerprint density at radius 3 is 2.83 bits per heavy atom. The Bertz CT molecular complexity index is 490. The van der Waals surface area contributed by atoms with E-state index >= 15 is 0 Å². The molecule has 1 aromatic rings. The van der Waals surface area contributed by atoms with Crippen molar-refractivity contribution in [1.82, 2.24) is 10.6 Å². The lowest BCUT2D eigenvalue weighted by Crippen LogP contribution is -2.51. The van der Waals surface area contributed by atoms with Crippen LogP contribution < -0.4 is 16.4 Å². The predicted octanol–water partition coefficient (Wildman–Crippen LogP) is 1.42. The minimum Gasteiger partial charge on any atom is -0.460 e. The van der Waals surface area contributed by atoms with Crippen molar-refractivity contribution >= 4 is 5.97 Å². The second-order valence-electron chi connectivity index (χ2n) is 7.07. The SMILES string of the molecule is CC(C)(CN)CNC1CCNC(C(=O)OCc2ccccc2)C1. The molecule has 1 aliphatic heterocycles. The van der Waals surface area contributed by atoms with Crippen LogP contribution in [0.2, 0.25) is 0 Å². The van der Waals surface area contributed by atoms with Gasteiger partial charge >= 0.3 is 5.97 Å². The van der Waals surface area contributed by atoms with E-state index < -0.39 is 0 Å². The Morgan fingerprint density at radius 1 is 1.39 bits per heavy atom. The molecule has 23 heavy (non-hydrogen) atoms. The highest BCUT2D eigenvalue weighted by Gasteiger charge is 2.28. The van der Waals surface area contributed by atoms with Crippen LogP contribution in [0.1, 0.15) is 32.3 Å². The molecule has 0 spiro atoms. The maximum Gasteiger partial charge on any atom is 0.323 e. The van der Waals surface area contributed by atoms with Gasteiger partial charge in [0, 0.05) is 12.6 Å². The first kappa shape index (κ1) is 17.9. The largest absolute Gasteiger partial charge is 0.460 e. The van der Waals surface area contributed by atoms with E-state index in [9.17, 15) is 4.79 Å². The third kappa shape index (κ3) is 5.94. The number of rotatable bonds is 7. The molecule has 0 aromatic heterocycles. The molecular weight excluding hydrogens is 290 g/mol. The lowest BCUT2D eigenvalue weighted by atomic mass is 9.92. The van der Waals surface area contributed by atoms with E-state index in [1.165, 1.54) is 0 Å². The molecule has 5 heteroatoms. The fourth-order valence-corrected chi connectivity index (χ4v) is 2.60. The zero-order valence-electron chi connectivity index (χ0n) is 14.2. The molecule has 0 radical (unpaired) electrons. The van der Waals surface area contributed by atoms with Crippen LogP contribution in [-0.2, 0) is 16.1 Å². The molecule has 5 nitrogen and oxygen atoms in total. The van der Waals surface area contributed by atoms with Gasteiger partial charge in [-0.05, 0) is 36.9 Å². The number of esters is 1. The number of nitrogens with one attached hydrogen (secondary N) is 2. The predicted molar refractivity (Wildman–Crippen MR) is 91.9 cm³/mol. The molecule has 0 amide bonds. The number of piperidine rings is 1. The smallest absolute Gasteiger partial charge is 0.323 e. The van der Waals surface area contributed by atoms with Crippen molar-refractivity contribution in [2.75, 3.05) is 19.6 Å². The van der Waals surface area contributed by atoms with Crippen LogP contribution in [0.3, 0.4) is 0 Å². The number of ether oxygens (including phenoxy) is 1. The van der Waals surface area contributed by atoms with E-state index in [1.807, 2.05) is 30.3 Å². The Kier molecular flexibility index (Phi) is 6.57. The van der Waals surface area contributed by atoms with Gasteiger partial charge in [-0.3, -0.25) is 4.79 Å². The summed E-state index contributed by atoms with van der Waals surface area (Å²) in [6.07, 6.45) is 1.78. The lowest BCUT2D eigenvalue weighted by Gasteiger charge is -2.32. The Hall–Kier alpha value is -1.43. The fraction of sp³-hybridized carbons (Fsp3) is 0.611. The van der Waals surface area contributed by atoms with Gasteiger partial charge in [0.1, 0.15) is 12.6 Å². The van der Waals surface area contributed by atoms with Gasteiger partial charge in [0.25, 0.3) is 0 Å². The lowest BCUT2D eigenvalue weighted by molar-refractivity contribution is -0.148. The standard InChI is InChI=1S/C18H29N3O2/c1-18(2,12-19)13-21-15-8-9-20-16(10-15)17(22)23-11-14-6-4-3-5-7-14/h3-7,15-16,20-21H,8-13,19H2,1-2H3. The number of hydrogen-bond donors (Lipinski definition) is 3. The molecule has 1 saturated heterocycles. The van der Waals surface area contributed by atoms with Gasteiger partial charge in [-0.2, -0.15) is 0 Å². The van der Waals surface area contributed by atoms with Crippen molar-refractivity contribution in [2.24, 2.45) is 11.1 Å². The van der Waals surface area contributed by atoms with E-state index in [4.69, 9.17) is 10.5 Å². The Labute approximate surface area is 139 Å². The van der Waals surface area contributed by atoms with Crippen molar-refractivity contribution in [1.29, 1.82) is 0 Å². The highest BCUT2D eigenvalue weighted by atomic mass is 16.5. The summed E-state index contributed by atoms with van der Waals surface area (Å²) in [5.41, 5.74) is 6.85. The minimum absolute atomic E-state index is 0.0776. The first-order valence-electron chi connectivity index (χ1n) is 8.37. The summed E-state index contributed by atoms with van der Waals surface area (Å²) in [5, 5.41) is 6.80. The summed E-state index contributed by atoms with van der Waals surface area (Å²) in [7, 11) is 0. The van der Waals surface area contributed by atoms with Crippen molar-refractivity contribution in [3.8, 4) is 0 Å². The molecule has 0 aliphatic carbocycles. The zero-order chi connectivity index (χ0) is 16.7. The van der Waals surface area contributed by atoms with Gasteiger partial charge in [0.05, 0.1) is 0 Å². The highest BCUT2D eigenvalue weighted by molar-refractivity contribution is 5.76. The number of benzene rings is 1. The van der Waals surface area contributed by atoms with Crippen LogP contribution in [0.15, 0.2) is 30.3 Å². The summed E-state index contributed by atoms with van der Waals surface area (Å²) < 4.78 is 5.43. The van der Waals surface area contributed by atoms with Crippen molar-refractivity contribution < 1.29 is 9.53 Å². The first-order valence-corrected chi connectivity index (χ1v) is 8.37. The molecule has 1 aromatic carbocycles. The van der Waals surface area contributed by atoms with Gasteiger partial charge < -0.3 is 21.1 Å². The molecule has 1 fully saturated rings. The summed E-state index contributed by atoms with van der Waals surface area (Å²) in [5.74, 6) is -0.168. The summed E-state index contributed by atoms with van der Waals surface area (Å²) in [6.45, 7) is 6.95. The van der Waals surface area contributed by atoms with E-state index in [-0.39, 0.29) is 17.4 Å². The Morgan fingerprint density at radius 2 is 2.13 bits per heavy atom. The van der Waals surface area contributed by atoms with Crippen LogP contribution in [0, 0.1) is 5.41 Å². The fourth-order valence-electron chi connectivity index (χ4n) is 2.60. The molecule has 128 valence electrons. The number of carbonyl (C=O) groups is 1. The van der Waals surface area contributed by atoms with Crippen LogP contribution in [0.5, 0.6) is 0 Å². The van der Waals surface area contributed by atoms with Gasteiger partial charge in [0.2, 0.25) is 0 Å². The van der Waals surface area contributed by atoms with E-state index in [0.717, 1.165) is 31.5 Å². The number of nitrogens with two attached hydrogens (primary N) is 1. The maximum absolute atomic E-state index is 12.2. The molecule has 1 heterocycles. The molecule has 2 rings (SSSR count). The molecule has 4 N–H and O–H groups in total. The Balaban J connectivity index is 1.77. The van der Waals surface area contributed by atoms with E-state index in [2.05, 4.69) is 24.5 Å². The molecule has 2 unspecified atom stereocenters. The highest BCUT2D eigenvalue weighted by Crippen LogP contribution is 2.15. The van der Waals surface area contributed by atoms with Gasteiger partial charge in [-0.1, -0.05) is 44.2 Å². The molecule has 0 saturated carbocycles. The second kappa shape index (κ2) is 8.43. The van der Waals surface area contributed by atoms with Gasteiger partial charge in [-0.25, -0.2) is 0 Å². The zero-order valence-corrected chi connectivity index (χ0v) is 14.2. The van der Waals surface area contributed by atoms with Crippen molar-refractivity contribution in [3.05, 3.63) is 35.9 Å². The van der Waals surface area contributed by atoms with Crippen LogP contribution in [0.4, 0.5) is 0 Å². The molecule has 1 aliphatic rings. The monoisotopic (exact) mass is 319 g/mol. The average molecular weight is 319 g/mol. The molecular formula is C18H29N3O2. The second-order valence-corrected chi connectivity index (χ2v) is 7.07. The van der Waals surface area contributed by atoms with Gasteiger partial charge in [-0.15, -0.1) is 0 Å². The molecule has 2 atom stereocenters. The quantitative estimate of drug-likeness (QED) is 0.663. The van der Waals surface area contributed by atoms with Crippen LogP contribution >= 0.6 is 0 Å². The van der Waals surface area contributed by atoms with Gasteiger partial charge in [0.15, 0.2) is 0 Å². The summed E-state index contributed by atoms with van der Waals surface area (Å²) >= 11 is 0. The first-order chi connectivity index (χ1) is 11.0. The van der Waals surface area contributed by atoms with E-state index in [0.29, 0.717) is 19.2 Å². The van der Waals surface area contributed by atoms with Crippen LogP contribution in [-0.4, -0.2) is 37.7 Å². The summed E-state index contributed by atoms with van der Waals surface area (Å²) in [6, 6.07) is 9.86. The minimum atomic E-state index is -0.231. The van der Waals surface area contributed by atoms with Crippen molar-refractivity contribution in [2.45, 2.75) is 45.4 Å². The third-order valence-corrected chi connectivity index (χ3v) is 4.33. The van der Waals surface area contributed by atoms with Crippen LogP contribution in [0.25, 0.3) is 0 Å². The number of hydrogen-bond acceptors (Lipinski definition) is 5. The molecule has 0 bridgehead atoms. The average Bonchev–Trinajstić information content (AvgIpc) is 2.59. The van der Waals surface area contributed by atoms with E-state index in [1.54, 1.807) is 0 Å². The normalized spacial score (nSPS) is 21.9. The topological polar surface area (TPSA) is 76.4 Å².